The summed E-state index contributed by atoms with van der Waals surface area (Å²) in [6.45, 7) is 4.20. The molecule has 0 N–H and O–H groups in total. The van der Waals surface area contributed by atoms with Crippen LogP contribution in [0.5, 0.6) is 5.75 Å². The fourth-order valence-electron chi connectivity index (χ4n) is 3.30. The Kier molecular flexibility index (Phi) is 5.85. The molecule has 0 radical (unpaired) electrons. The fraction of sp³-hybridized carbons (Fsp3) is 0.154. The van der Waals surface area contributed by atoms with Crippen LogP contribution in [-0.2, 0) is 11.3 Å². The number of hydrogen-bond acceptors (Lipinski definition) is 5. The summed E-state index contributed by atoms with van der Waals surface area (Å²) >= 11 is 0. The van der Waals surface area contributed by atoms with Gasteiger partial charge in [-0.1, -0.05) is 48.5 Å². The Morgan fingerprint density at radius 1 is 0.968 bits per heavy atom. The van der Waals surface area contributed by atoms with E-state index < -0.39 is 0 Å². The van der Waals surface area contributed by atoms with Crippen LogP contribution in [0.4, 0.5) is 0 Å². The summed E-state index contributed by atoms with van der Waals surface area (Å²) in [5, 5.41) is 0.470. The highest BCUT2D eigenvalue weighted by molar-refractivity contribution is 5.89. The first kappa shape index (κ1) is 20.4. The van der Waals surface area contributed by atoms with Gasteiger partial charge in [0.2, 0.25) is 11.2 Å². The SMILES string of the molecule is CCOC(=O)c1ccc(COc2c(-c3ccccc3)oc3cc(C)ccc3c2=O)cc1. The highest BCUT2D eigenvalue weighted by Gasteiger charge is 2.18. The van der Waals surface area contributed by atoms with Crippen LogP contribution in [0.3, 0.4) is 0 Å². The molecule has 1 aromatic heterocycles. The van der Waals surface area contributed by atoms with E-state index in [4.69, 9.17) is 13.9 Å². The van der Waals surface area contributed by atoms with Crippen molar-refractivity contribution in [1.29, 1.82) is 0 Å². The Labute approximate surface area is 179 Å². The highest BCUT2D eigenvalue weighted by Crippen LogP contribution is 2.31. The molecule has 0 amide bonds. The molecule has 0 atom stereocenters. The molecular formula is C26H22O5. The molecule has 3 aromatic carbocycles. The Morgan fingerprint density at radius 3 is 2.42 bits per heavy atom. The maximum atomic E-state index is 13.2. The van der Waals surface area contributed by atoms with Gasteiger partial charge in [-0.2, -0.15) is 0 Å². The minimum absolute atomic E-state index is 0.158. The summed E-state index contributed by atoms with van der Waals surface area (Å²) in [7, 11) is 0. The molecule has 0 fully saturated rings. The van der Waals surface area contributed by atoms with Gasteiger partial charge in [0.1, 0.15) is 12.2 Å². The molecule has 5 nitrogen and oxygen atoms in total. The van der Waals surface area contributed by atoms with Crippen molar-refractivity contribution in [3.63, 3.8) is 0 Å². The molecule has 0 saturated heterocycles. The van der Waals surface area contributed by atoms with Crippen LogP contribution in [0.15, 0.2) is 82.0 Å². The average molecular weight is 414 g/mol. The predicted molar refractivity (Wildman–Crippen MR) is 119 cm³/mol. The molecule has 0 spiro atoms. The first-order valence-corrected chi connectivity index (χ1v) is 10.1. The molecule has 0 aliphatic heterocycles. The van der Waals surface area contributed by atoms with Crippen LogP contribution in [0.2, 0.25) is 0 Å². The molecular weight excluding hydrogens is 392 g/mol. The topological polar surface area (TPSA) is 65.7 Å². The monoisotopic (exact) mass is 414 g/mol. The fourth-order valence-corrected chi connectivity index (χ4v) is 3.30. The van der Waals surface area contributed by atoms with Crippen molar-refractivity contribution >= 4 is 16.9 Å². The molecule has 156 valence electrons. The third kappa shape index (κ3) is 4.36. The number of ether oxygens (including phenoxy) is 2. The lowest BCUT2D eigenvalue weighted by Gasteiger charge is -2.12. The summed E-state index contributed by atoms with van der Waals surface area (Å²) in [5.74, 6) is 0.190. The lowest BCUT2D eigenvalue weighted by Crippen LogP contribution is -2.10. The number of carbonyl (C=O) groups excluding carboxylic acids is 1. The van der Waals surface area contributed by atoms with Gasteiger partial charge in [0, 0.05) is 5.56 Å². The minimum atomic E-state index is -0.369. The van der Waals surface area contributed by atoms with E-state index in [1.54, 1.807) is 37.3 Å². The van der Waals surface area contributed by atoms with Crippen molar-refractivity contribution in [3.05, 3.63) is 99.7 Å². The minimum Gasteiger partial charge on any atom is -0.481 e. The molecule has 0 aliphatic carbocycles. The van der Waals surface area contributed by atoms with Crippen LogP contribution in [0.1, 0.15) is 28.4 Å². The van der Waals surface area contributed by atoms with Gasteiger partial charge in [-0.25, -0.2) is 4.79 Å². The van der Waals surface area contributed by atoms with E-state index in [-0.39, 0.29) is 23.8 Å². The van der Waals surface area contributed by atoms with Crippen molar-refractivity contribution < 1.29 is 18.7 Å². The predicted octanol–water partition coefficient (Wildman–Crippen LogP) is 5.52. The van der Waals surface area contributed by atoms with Gasteiger partial charge >= 0.3 is 5.97 Å². The molecule has 0 bridgehead atoms. The number of carbonyl (C=O) groups is 1. The molecule has 0 saturated carbocycles. The number of rotatable bonds is 6. The largest absolute Gasteiger partial charge is 0.481 e. The van der Waals surface area contributed by atoms with Gasteiger partial charge in [-0.3, -0.25) is 4.79 Å². The molecule has 31 heavy (non-hydrogen) atoms. The van der Waals surface area contributed by atoms with Crippen LogP contribution >= 0.6 is 0 Å². The summed E-state index contributed by atoms with van der Waals surface area (Å²) in [5.41, 5.74) is 3.35. The maximum Gasteiger partial charge on any atom is 0.338 e. The second kappa shape index (κ2) is 8.88. The third-order valence-electron chi connectivity index (χ3n) is 4.89. The van der Waals surface area contributed by atoms with Crippen LogP contribution in [0, 0.1) is 6.92 Å². The van der Waals surface area contributed by atoms with E-state index in [0.29, 0.717) is 28.9 Å². The smallest absolute Gasteiger partial charge is 0.338 e. The Hall–Kier alpha value is -3.86. The van der Waals surface area contributed by atoms with Gasteiger partial charge in [-0.15, -0.1) is 0 Å². The zero-order valence-corrected chi connectivity index (χ0v) is 17.4. The standard InChI is InChI=1S/C26H22O5/c1-3-29-26(28)20-12-10-18(11-13-20)16-30-25-23(27)21-14-9-17(2)15-22(21)31-24(25)19-7-5-4-6-8-19/h4-15H,3,16H2,1-2H3. The van der Waals surface area contributed by atoms with Crippen LogP contribution in [0.25, 0.3) is 22.3 Å². The zero-order valence-electron chi connectivity index (χ0n) is 17.4. The number of aryl methyl sites for hydroxylation is 1. The molecule has 4 aromatic rings. The second-order valence-electron chi connectivity index (χ2n) is 7.16. The van der Waals surface area contributed by atoms with Gasteiger partial charge in [0.05, 0.1) is 17.6 Å². The third-order valence-corrected chi connectivity index (χ3v) is 4.89. The number of benzene rings is 3. The quantitative estimate of drug-likeness (QED) is 0.389. The Morgan fingerprint density at radius 2 is 1.71 bits per heavy atom. The highest BCUT2D eigenvalue weighted by atomic mass is 16.5. The summed E-state index contributed by atoms with van der Waals surface area (Å²) in [4.78, 5) is 25.0. The zero-order chi connectivity index (χ0) is 21.8. The van der Waals surface area contributed by atoms with E-state index in [1.807, 2.05) is 49.4 Å². The molecule has 1 heterocycles. The van der Waals surface area contributed by atoms with Gasteiger partial charge in [0.25, 0.3) is 0 Å². The molecule has 4 rings (SSSR count). The summed E-state index contributed by atoms with van der Waals surface area (Å²) < 4.78 is 17.1. The first-order chi connectivity index (χ1) is 15.1. The molecule has 0 aliphatic rings. The maximum absolute atomic E-state index is 13.2. The van der Waals surface area contributed by atoms with Crippen LogP contribution < -0.4 is 10.2 Å². The normalized spacial score (nSPS) is 10.8. The van der Waals surface area contributed by atoms with Gasteiger partial charge < -0.3 is 13.9 Å². The second-order valence-corrected chi connectivity index (χ2v) is 7.16. The van der Waals surface area contributed by atoms with Gasteiger partial charge in [0.15, 0.2) is 5.76 Å². The van der Waals surface area contributed by atoms with E-state index >= 15 is 0 Å². The van der Waals surface area contributed by atoms with Crippen molar-refractivity contribution in [3.8, 4) is 17.1 Å². The Balaban J connectivity index is 1.69. The number of esters is 1. The van der Waals surface area contributed by atoms with Crippen LogP contribution in [-0.4, -0.2) is 12.6 Å². The summed E-state index contributed by atoms with van der Waals surface area (Å²) in [6, 6.07) is 21.8. The molecule has 5 heteroatoms. The van der Waals surface area contributed by atoms with Crippen molar-refractivity contribution in [1.82, 2.24) is 0 Å². The van der Waals surface area contributed by atoms with E-state index in [9.17, 15) is 9.59 Å². The first-order valence-electron chi connectivity index (χ1n) is 10.1. The lowest BCUT2D eigenvalue weighted by molar-refractivity contribution is 0.0526. The van der Waals surface area contributed by atoms with Crippen molar-refractivity contribution in [2.75, 3.05) is 6.61 Å². The average Bonchev–Trinajstić information content (AvgIpc) is 2.79. The van der Waals surface area contributed by atoms with Gasteiger partial charge in [-0.05, 0) is 49.2 Å². The lowest BCUT2D eigenvalue weighted by atomic mass is 10.1. The number of fused-ring (bicyclic) bond motifs is 1. The number of hydrogen-bond donors (Lipinski definition) is 0. The van der Waals surface area contributed by atoms with E-state index in [2.05, 4.69) is 0 Å². The van der Waals surface area contributed by atoms with E-state index in [1.165, 1.54) is 0 Å². The summed E-state index contributed by atoms with van der Waals surface area (Å²) in [6.07, 6.45) is 0. The van der Waals surface area contributed by atoms with Crippen molar-refractivity contribution in [2.45, 2.75) is 20.5 Å². The van der Waals surface area contributed by atoms with Crippen molar-refractivity contribution in [2.24, 2.45) is 0 Å². The van der Waals surface area contributed by atoms with E-state index in [0.717, 1.165) is 16.7 Å². The molecule has 0 unspecified atom stereocenters. The Bertz CT molecular complexity index is 1270.